The quantitative estimate of drug-likeness (QED) is 0.902. The molecule has 2 nitrogen and oxygen atoms in total. The second kappa shape index (κ2) is 4.95. The lowest BCUT2D eigenvalue weighted by Crippen LogP contribution is -1.83. The number of furan rings is 1. The van der Waals surface area contributed by atoms with Crippen LogP contribution in [0.15, 0.2) is 44.7 Å². The van der Waals surface area contributed by atoms with Gasteiger partial charge in [0.2, 0.25) is 0 Å². The summed E-state index contributed by atoms with van der Waals surface area (Å²) in [5.41, 5.74) is 0.818. The highest BCUT2D eigenvalue weighted by Gasteiger charge is 2.07. The lowest BCUT2D eigenvalue weighted by molar-refractivity contribution is 0.282. The van der Waals surface area contributed by atoms with Crippen LogP contribution in [-0.2, 0) is 6.61 Å². The molecule has 0 amide bonds. The molecule has 1 aromatic carbocycles. The van der Waals surface area contributed by atoms with Gasteiger partial charge in [0, 0.05) is 4.90 Å². The summed E-state index contributed by atoms with van der Waals surface area (Å²) in [7, 11) is 0. The molecule has 0 atom stereocenters. The molecule has 0 saturated carbocycles. The Labute approximate surface area is 103 Å². The Morgan fingerprint density at radius 2 is 2.12 bits per heavy atom. The van der Waals surface area contributed by atoms with Crippen molar-refractivity contribution in [1.29, 1.82) is 0 Å². The monoisotopic (exact) mass is 254 g/mol. The Morgan fingerprint density at radius 3 is 2.69 bits per heavy atom. The topological polar surface area (TPSA) is 33.4 Å². The highest BCUT2D eigenvalue weighted by molar-refractivity contribution is 7.99. The lowest BCUT2D eigenvalue weighted by Gasteiger charge is -2.04. The van der Waals surface area contributed by atoms with Gasteiger partial charge in [-0.25, -0.2) is 0 Å². The van der Waals surface area contributed by atoms with Crippen molar-refractivity contribution in [1.82, 2.24) is 0 Å². The van der Waals surface area contributed by atoms with Gasteiger partial charge in [-0.05, 0) is 30.7 Å². The molecule has 2 rings (SSSR count). The molecule has 0 aliphatic rings. The van der Waals surface area contributed by atoms with E-state index in [4.69, 9.17) is 21.1 Å². The van der Waals surface area contributed by atoms with Crippen molar-refractivity contribution in [2.45, 2.75) is 23.3 Å². The van der Waals surface area contributed by atoms with Crippen LogP contribution in [-0.4, -0.2) is 5.11 Å². The minimum Gasteiger partial charge on any atom is -0.468 e. The number of rotatable bonds is 3. The van der Waals surface area contributed by atoms with E-state index < -0.39 is 0 Å². The maximum Gasteiger partial charge on any atom is 0.114 e. The first kappa shape index (κ1) is 11.6. The maximum absolute atomic E-state index is 8.97. The SMILES string of the molecule is Cc1occc1Sc1ccc(CO)cc1Cl. The van der Waals surface area contributed by atoms with Crippen LogP contribution in [0.3, 0.4) is 0 Å². The minimum absolute atomic E-state index is 0.00933. The van der Waals surface area contributed by atoms with E-state index in [1.165, 1.54) is 0 Å². The van der Waals surface area contributed by atoms with Crippen LogP contribution < -0.4 is 0 Å². The van der Waals surface area contributed by atoms with Crippen LogP contribution in [0.4, 0.5) is 0 Å². The van der Waals surface area contributed by atoms with Crippen molar-refractivity contribution in [2.24, 2.45) is 0 Å². The summed E-state index contributed by atoms with van der Waals surface area (Å²) >= 11 is 7.67. The molecule has 0 saturated heterocycles. The second-order valence-electron chi connectivity index (χ2n) is 3.37. The van der Waals surface area contributed by atoms with E-state index in [1.54, 1.807) is 24.1 Å². The second-order valence-corrected chi connectivity index (χ2v) is 4.86. The van der Waals surface area contributed by atoms with Crippen molar-refractivity contribution < 1.29 is 9.52 Å². The molecular weight excluding hydrogens is 244 g/mol. The number of hydrogen-bond donors (Lipinski definition) is 1. The molecule has 0 fully saturated rings. The normalized spacial score (nSPS) is 10.7. The van der Waals surface area contributed by atoms with E-state index in [1.807, 2.05) is 25.1 Å². The van der Waals surface area contributed by atoms with Crippen LogP contribution in [0.5, 0.6) is 0 Å². The van der Waals surface area contributed by atoms with Crippen LogP contribution >= 0.6 is 23.4 Å². The van der Waals surface area contributed by atoms with Crippen molar-refractivity contribution in [3.63, 3.8) is 0 Å². The number of aliphatic hydroxyl groups is 1. The number of aryl methyl sites for hydroxylation is 1. The first-order valence-corrected chi connectivity index (χ1v) is 6.01. The molecule has 1 N–H and O–H groups in total. The summed E-state index contributed by atoms with van der Waals surface area (Å²) in [5.74, 6) is 0.882. The van der Waals surface area contributed by atoms with E-state index in [9.17, 15) is 0 Å². The zero-order valence-electron chi connectivity index (χ0n) is 8.74. The molecule has 16 heavy (non-hydrogen) atoms. The predicted molar refractivity (Wildman–Crippen MR) is 64.9 cm³/mol. The van der Waals surface area contributed by atoms with Gasteiger partial charge in [-0.15, -0.1) is 0 Å². The molecule has 0 radical (unpaired) electrons. The first-order chi connectivity index (χ1) is 7.70. The molecular formula is C12H11ClO2S. The molecule has 0 unspecified atom stereocenters. The van der Waals surface area contributed by atoms with Gasteiger partial charge < -0.3 is 9.52 Å². The van der Waals surface area contributed by atoms with Crippen molar-refractivity contribution in [3.8, 4) is 0 Å². The highest BCUT2D eigenvalue weighted by Crippen LogP contribution is 2.35. The first-order valence-electron chi connectivity index (χ1n) is 4.82. The number of aliphatic hydroxyl groups excluding tert-OH is 1. The average Bonchev–Trinajstić information content (AvgIpc) is 2.67. The van der Waals surface area contributed by atoms with E-state index in [0.717, 1.165) is 21.1 Å². The highest BCUT2D eigenvalue weighted by atomic mass is 35.5. The fourth-order valence-corrected chi connectivity index (χ4v) is 2.49. The number of halogens is 1. The number of benzene rings is 1. The van der Waals surface area contributed by atoms with Gasteiger partial charge in [-0.2, -0.15) is 0 Å². The smallest absolute Gasteiger partial charge is 0.114 e. The Morgan fingerprint density at radius 1 is 1.31 bits per heavy atom. The summed E-state index contributed by atoms with van der Waals surface area (Å²) in [5, 5.41) is 9.62. The van der Waals surface area contributed by atoms with E-state index >= 15 is 0 Å². The minimum atomic E-state index is 0.00933. The van der Waals surface area contributed by atoms with E-state index in [2.05, 4.69) is 0 Å². The van der Waals surface area contributed by atoms with E-state index in [-0.39, 0.29) is 6.61 Å². The fourth-order valence-electron chi connectivity index (χ4n) is 1.32. The molecule has 0 bridgehead atoms. The Bertz CT molecular complexity index is 494. The largest absolute Gasteiger partial charge is 0.468 e. The van der Waals surface area contributed by atoms with Crippen molar-refractivity contribution in [3.05, 3.63) is 46.9 Å². The Balaban J connectivity index is 2.25. The zero-order valence-corrected chi connectivity index (χ0v) is 10.3. The van der Waals surface area contributed by atoms with Gasteiger partial charge in [0.25, 0.3) is 0 Å². The molecule has 84 valence electrons. The lowest BCUT2D eigenvalue weighted by atomic mass is 10.2. The molecule has 2 aromatic rings. The van der Waals surface area contributed by atoms with Gasteiger partial charge in [-0.1, -0.05) is 29.4 Å². The summed E-state index contributed by atoms with van der Waals surface area (Å²) < 4.78 is 5.22. The molecule has 0 aliphatic carbocycles. The Hall–Kier alpha value is -0.900. The maximum atomic E-state index is 8.97. The predicted octanol–water partition coefficient (Wildman–Crippen LogP) is 3.88. The van der Waals surface area contributed by atoms with Gasteiger partial charge in [0.05, 0.1) is 22.8 Å². The Kier molecular flexibility index (Phi) is 3.59. The van der Waals surface area contributed by atoms with Crippen LogP contribution in [0.2, 0.25) is 5.02 Å². The summed E-state index contributed by atoms with van der Waals surface area (Å²) in [6, 6.07) is 7.46. The van der Waals surface area contributed by atoms with Crippen LogP contribution in [0.1, 0.15) is 11.3 Å². The molecule has 1 heterocycles. The fraction of sp³-hybridized carbons (Fsp3) is 0.167. The standard InChI is InChI=1S/C12H11ClO2S/c1-8-11(4-5-15-8)16-12-3-2-9(7-14)6-10(12)13/h2-6,14H,7H2,1H3. The third kappa shape index (κ3) is 2.43. The summed E-state index contributed by atoms with van der Waals surface area (Å²) in [4.78, 5) is 2.02. The van der Waals surface area contributed by atoms with Crippen LogP contribution in [0, 0.1) is 6.92 Å². The van der Waals surface area contributed by atoms with Gasteiger partial charge in [0.1, 0.15) is 5.76 Å². The van der Waals surface area contributed by atoms with Gasteiger partial charge in [0.15, 0.2) is 0 Å². The summed E-state index contributed by atoms with van der Waals surface area (Å²) in [6.45, 7) is 1.92. The number of hydrogen-bond acceptors (Lipinski definition) is 3. The molecule has 0 aliphatic heterocycles. The average molecular weight is 255 g/mol. The molecule has 1 aromatic heterocycles. The van der Waals surface area contributed by atoms with E-state index in [0.29, 0.717) is 5.02 Å². The van der Waals surface area contributed by atoms with Gasteiger partial charge in [-0.3, -0.25) is 0 Å². The molecule has 4 heteroatoms. The third-order valence-corrected chi connectivity index (χ3v) is 3.85. The third-order valence-electron chi connectivity index (χ3n) is 2.21. The molecule has 0 spiro atoms. The van der Waals surface area contributed by atoms with Crippen molar-refractivity contribution in [2.75, 3.05) is 0 Å². The summed E-state index contributed by atoms with van der Waals surface area (Å²) in [6.07, 6.45) is 1.66. The van der Waals surface area contributed by atoms with Crippen molar-refractivity contribution >= 4 is 23.4 Å². The van der Waals surface area contributed by atoms with Crippen LogP contribution in [0.25, 0.3) is 0 Å². The zero-order chi connectivity index (χ0) is 11.5. The van der Waals surface area contributed by atoms with Gasteiger partial charge >= 0.3 is 0 Å².